The zero-order valence-corrected chi connectivity index (χ0v) is 24.4. The van der Waals surface area contributed by atoms with Gasteiger partial charge in [-0.15, -0.1) is 0 Å². The van der Waals surface area contributed by atoms with E-state index in [1.165, 1.54) is 23.9 Å². The molecule has 1 aliphatic heterocycles. The molecule has 3 aromatic rings. The third kappa shape index (κ3) is 7.18. The molecule has 0 saturated carbocycles. The van der Waals surface area contributed by atoms with Crippen molar-refractivity contribution in [1.29, 1.82) is 0 Å². The molecule has 1 amide bonds. The number of carbonyl (C=O) groups is 1. The fraction of sp³-hybridized carbons (Fsp3) is 0.241. The van der Waals surface area contributed by atoms with Gasteiger partial charge in [0.05, 0.1) is 21.7 Å². The van der Waals surface area contributed by atoms with Crippen LogP contribution in [0.3, 0.4) is 0 Å². The zero-order chi connectivity index (χ0) is 27.2. The lowest BCUT2D eigenvalue weighted by atomic mass is 10.1. The number of amidine groups is 1. The van der Waals surface area contributed by atoms with Crippen LogP contribution in [0.1, 0.15) is 31.9 Å². The Balaban J connectivity index is 1.62. The molecule has 1 fully saturated rings. The molecule has 0 atom stereocenters. The third-order valence-corrected chi connectivity index (χ3v) is 7.26. The van der Waals surface area contributed by atoms with Crippen LogP contribution in [0.4, 0.5) is 10.1 Å². The highest BCUT2D eigenvalue weighted by Gasteiger charge is 2.34. The van der Waals surface area contributed by atoms with Crippen LogP contribution in [0, 0.1) is 11.7 Å². The van der Waals surface area contributed by atoms with Crippen molar-refractivity contribution in [3.8, 4) is 11.5 Å². The Morgan fingerprint density at radius 2 is 1.82 bits per heavy atom. The minimum atomic E-state index is -0.296. The Labute approximate surface area is 239 Å². The summed E-state index contributed by atoms with van der Waals surface area (Å²) in [6.07, 6.45) is 1.84. The van der Waals surface area contributed by atoms with Gasteiger partial charge in [-0.2, -0.15) is 0 Å². The van der Waals surface area contributed by atoms with Crippen LogP contribution in [-0.2, 0) is 11.4 Å². The van der Waals surface area contributed by atoms with E-state index < -0.39 is 0 Å². The van der Waals surface area contributed by atoms with Gasteiger partial charge < -0.3 is 9.47 Å². The van der Waals surface area contributed by atoms with Gasteiger partial charge in [-0.3, -0.25) is 9.69 Å². The Bertz CT molecular complexity index is 1360. The number of amides is 1. The maximum atomic E-state index is 13.4. The minimum absolute atomic E-state index is 0.0952. The second-order valence-electron chi connectivity index (χ2n) is 8.97. The van der Waals surface area contributed by atoms with Crippen molar-refractivity contribution in [1.82, 2.24) is 4.90 Å². The van der Waals surface area contributed by atoms with Crippen LogP contribution in [-0.4, -0.2) is 29.1 Å². The molecule has 9 heteroatoms. The van der Waals surface area contributed by atoms with Gasteiger partial charge in [0.2, 0.25) is 0 Å². The molecule has 1 saturated heterocycles. The summed E-state index contributed by atoms with van der Waals surface area (Å²) >= 11 is 10.9. The Morgan fingerprint density at radius 3 is 2.47 bits per heavy atom. The summed E-state index contributed by atoms with van der Waals surface area (Å²) < 4.78 is 25.8. The molecule has 38 heavy (non-hydrogen) atoms. The normalized spacial score (nSPS) is 15.7. The first-order valence-electron chi connectivity index (χ1n) is 12.1. The average Bonchev–Trinajstić information content (AvgIpc) is 3.14. The third-order valence-electron chi connectivity index (χ3n) is 5.41. The van der Waals surface area contributed by atoms with E-state index in [-0.39, 0.29) is 24.2 Å². The van der Waals surface area contributed by atoms with Crippen molar-refractivity contribution in [2.45, 2.75) is 27.4 Å². The number of hydrogen-bond donors (Lipinski definition) is 0. The fourth-order valence-electron chi connectivity index (χ4n) is 3.71. The molecule has 0 radical (unpaired) electrons. The lowest BCUT2D eigenvalue weighted by molar-refractivity contribution is -0.122. The van der Waals surface area contributed by atoms with E-state index in [4.69, 9.17) is 26.1 Å². The molecule has 198 valence electrons. The van der Waals surface area contributed by atoms with E-state index in [1.807, 2.05) is 37.3 Å². The highest BCUT2D eigenvalue weighted by molar-refractivity contribution is 9.10. The molecule has 5 nitrogen and oxygen atoms in total. The first-order chi connectivity index (χ1) is 18.2. The van der Waals surface area contributed by atoms with E-state index >= 15 is 0 Å². The molecule has 4 rings (SSSR count). The monoisotopic (exact) mass is 616 g/mol. The van der Waals surface area contributed by atoms with E-state index in [0.717, 1.165) is 16.8 Å². The lowest BCUT2D eigenvalue weighted by Gasteiger charge is -2.17. The minimum Gasteiger partial charge on any atom is -0.490 e. The molecule has 0 spiro atoms. The predicted molar refractivity (Wildman–Crippen MR) is 157 cm³/mol. The highest BCUT2D eigenvalue weighted by atomic mass is 79.9. The van der Waals surface area contributed by atoms with Crippen LogP contribution in [0.15, 0.2) is 75.0 Å². The summed E-state index contributed by atoms with van der Waals surface area (Å²) in [5.74, 6) is 0.957. The van der Waals surface area contributed by atoms with Gasteiger partial charge in [-0.25, -0.2) is 9.38 Å². The topological polar surface area (TPSA) is 51.1 Å². The summed E-state index contributed by atoms with van der Waals surface area (Å²) in [4.78, 5) is 20.4. The average molecular weight is 618 g/mol. The quantitative estimate of drug-likeness (QED) is 0.226. The van der Waals surface area contributed by atoms with Gasteiger partial charge in [0.15, 0.2) is 16.7 Å². The number of nitrogens with zero attached hydrogens (tertiary/aromatic N) is 2. The number of rotatable bonds is 9. The maximum absolute atomic E-state index is 13.4. The van der Waals surface area contributed by atoms with Crippen LogP contribution in [0.25, 0.3) is 6.08 Å². The van der Waals surface area contributed by atoms with Gasteiger partial charge in [-0.05, 0) is 106 Å². The molecular formula is C29H27BrClFN2O3S. The highest BCUT2D eigenvalue weighted by Crippen LogP contribution is 2.40. The predicted octanol–water partition coefficient (Wildman–Crippen LogP) is 8.48. The molecule has 3 aromatic carbocycles. The van der Waals surface area contributed by atoms with E-state index in [0.29, 0.717) is 44.2 Å². The van der Waals surface area contributed by atoms with Crippen LogP contribution < -0.4 is 9.47 Å². The second-order valence-corrected chi connectivity index (χ2v) is 11.3. The largest absolute Gasteiger partial charge is 0.490 e. The smallest absolute Gasteiger partial charge is 0.266 e. The van der Waals surface area contributed by atoms with Gasteiger partial charge in [0, 0.05) is 11.6 Å². The van der Waals surface area contributed by atoms with Gasteiger partial charge in [-0.1, -0.05) is 37.6 Å². The number of ether oxygens (including phenoxy) is 2. The van der Waals surface area contributed by atoms with Gasteiger partial charge in [0.1, 0.15) is 12.4 Å². The number of aliphatic imine (C=N–C) groups is 1. The molecule has 0 aliphatic carbocycles. The summed E-state index contributed by atoms with van der Waals surface area (Å²) in [5, 5.41) is 1.25. The maximum Gasteiger partial charge on any atom is 0.266 e. The molecular weight excluding hydrogens is 591 g/mol. The van der Waals surface area contributed by atoms with E-state index in [9.17, 15) is 9.18 Å². The molecule has 0 N–H and O–H groups in total. The molecule has 0 unspecified atom stereocenters. The van der Waals surface area contributed by atoms with Crippen molar-refractivity contribution in [3.63, 3.8) is 0 Å². The molecule has 1 aliphatic rings. The Morgan fingerprint density at radius 1 is 1.11 bits per heavy atom. The number of hydrogen-bond acceptors (Lipinski definition) is 5. The number of thioether (sulfide) groups is 1. The molecule has 1 heterocycles. The fourth-order valence-corrected chi connectivity index (χ4v) is 5.41. The van der Waals surface area contributed by atoms with Crippen molar-refractivity contribution in [3.05, 3.63) is 92.0 Å². The number of halogens is 3. The number of benzene rings is 3. The van der Waals surface area contributed by atoms with Crippen molar-refractivity contribution in [2.75, 3.05) is 13.2 Å². The van der Waals surface area contributed by atoms with Crippen molar-refractivity contribution >= 4 is 62.1 Å². The van der Waals surface area contributed by atoms with Crippen molar-refractivity contribution < 1.29 is 18.7 Å². The van der Waals surface area contributed by atoms with Crippen LogP contribution >= 0.6 is 39.3 Å². The van der Waals surface area contributed by atoms with Crippen LogP contribution in [0.5, 0.6) is 11.5 Å². The molecule has 0 bridgehead atoms. The lowest BCUT2D eigenvalue weighted by Crippen LogP contribution is -2.32. The molecule has 0 aromatic heterocycles. The zero-order valence-electron chi connectivity index (χ0n) is 21.2. The number of carbonyl (C=O) groups excluding carboxylic acids is 1. The summed E-state index contributed by atoms with van der Waals surface area (Å²) in [7, 11) is 0. The van der Waals surface area contributed by atoms with E-state index in [2.05, 4.69) is 29.8 Å². The summed E-state index contributed by atoms with van der Waals surface area (Å²) in [5.41, 5.74) is 2.34. The second kappa shape index (κ2) is 12.8. The van der Waals surface area contributed by atoms with Gasteiger partial charge in [0.25, 0.3) is 5.91 Å². The first kappa shape index (κ1) is 28.2. The van der Waals surface area contributed by atoms with E-state index in [1.54, 1.807) is 29.2 Å². The Kier molecular flexibility index (Phi) is 9.52. The SMILES string of the molecule is CCOc1cc(/C=C2\SC(=Nc3ccc(Cl)cc3)N(CC(C)C)C2=O)cc(Br)c1OCc1ccc(F)cc1. The summed E-state index contributed by atoms with van der Waals surface area (Å²) in [6, 6.07) is 17.1. The first-order valence-corrected chi connectivity index (χ1v) is 14.1. The van der Waals surface area contributed by atoms with Crippen LogP contribution in [0.2, 0.25) is 5.02 Å². The van der Waals surface area contributed by atoms with Crippen molar-refractivity contribution in [2.24, 2.45) is 10.9 Å². The van der Waals surface area contributed by atoms with Gasteiger partial charge >= 0.3 is 0 Å². The Hall–Kier alpha value is -2.81. The summed E-state index contributed by atoms with van der Waals surface area (Å²) in [6.45, 7) is 7.27. The standard InChI is InChI=1S/C29H27BrClFN2O3S/c1-4-36-25-14-20(13-24(30)27(25)37-17-19-5-9-22(32)10-6-19)15-26-28(35)34(16-18(2)3)29(38-26)33-23-11-7-21(31)8-12-23/h5-15,18H,4,16-17H2,1-3H3/b26-15-,33-29?.